The van der Waals surface area contributed by atoms with Crippen LogP contribution in [0.1, 0.15) is 28.9 Å². The summed E-state index contributed by atoms with van der Waals surface area (Å²) in [5.74, 6) is -1.30. The molecule has 194 valence electrons. The summed E-state index contributed by atoms with van der Waals surface area (Å²) in [6.45, 7) is 1.81. The van der Waals surface area contributed by atoms with Gasteiger partial charge in [0.25, 0.3) is 5.91 Å². The number of hydrogen-bond donors (Lipinski definition) is 1. The maximum absolute atomic E-state index is 13.8. The zero-order valence-electron chi connectivity index (χ0n) is 20.8. The van der Waals surface area contributed by atoms with Crippen molar-refractivity contribution in [2.24, 2.45) is 5.92 Å². The van der Waals surface area contributed by atoms with E-state index in [-0.39, 0.29) is 17.6 Å². The Morgan fingerprint density at radius 2 is 1.74 bits per heavy atom. The molecule has 2 amide bonds. The fourth-order valence-electron chi connectivity index (χ4n) is 5.17. The van der Waals surface area contributed by atoms with Crippen LogP contribution in [0.4, 0.5) is 10.1 Å². The number of nitrogens with one attached hydrogen (secondary N) is 1. The van der Waals surface area contributed by atoms with Gasteiger partial charge in [-0.1, -0.05) is 36.7 Å². The first-order valence-electron chi connectivity index (χ1n) is 12.4. The molecular weight excluding hydrogens is 517 g/mol. The third-order valence-corrected chi connectivity index (χ3v) is 7.47. The Hall–Kier alpha value is -4.56. The molecule has 0 saturated carbocycles. The van der Waals surface area contributed by atoms with Gasteiger partial charge in [-0.3, -0.25) is 14.6 Å². The van der Waals surface area contributed by atoms with Crippen LogP contribution >= 0.6 is 11.6 Å². The van der Waals surface area contributed by atoms with Crippen LogP contribution in [0.25, 0.3) is 16.6 Å². The predicted octanol–water partition coefficient (Wildman–Crippen LogP) is 5.74. The average Bonchev–Trinajstić information content (AvgIpc) is 3.48. The number of benzene rings is 3. The Kier molecular flexibility index (Phi) is 6.32. The van der Waals surface area contributed by atoms with Crippen LogP contribution in [0.2, 0.25) is 5.02 Å². The van der Waals surface area contributed by atoms with Crippen LogP contribution in [0.15, 0.2) is 97.5 Å². The molecule has 1 saturated heterocycles. The van der Waals surface area contributed by atoms with E-state index in [1.54, 1.807) is 52.3 Å². The van der Waals surface area contributed by atoms with Gasteiger partial charge in [0.05, 0.1) is 41.0 Å². The minimum Gasteiger partial charge on any atom is -0.346 e. The molecule has 6 rings (SSSR count). The number of aromatic nitrogens is 3. The SMILES string of the molecule is C[C@H]1C(=O)N(c2ccc3c(cnn3-c3ccc(F)cc3)c2)[C@H](c2ccccc2Cl)[C@H]1NC(=O)c1cccnc1. The van der Waals surface area contributed by atoms with Crippen molar-refractivity contribution in [1.29, 1.82) is 0 Å². The molecule has 0 spiro atoms. The maximum Gasteiger partial charge on any atom is 0.253 e. The molecule has 1 aliphatic rings. The fraction of sp³-hybridized carbons (Fsp3) is 0.133. The normalized spacial score (nSPS) is 19.0. The Morgan fingerprint density at radius 1 is 0.974 bits per heavy atom. The summed E-state index contributed by atoms with van der Waals surface area (Å²) in [7, 11) is 0. The van der Waals surface area contributed by atoms with Gasteiger partial charge in [0, 0.05) is 28.5 Å². The minimum absolute atomic E-state index is 0.137. The highest BCUT2D eigenvalue weighted by atomic mass is 35.5. The van der Waals surface area contributed by atoms with Gasteiger partial charge in [0.15, 0.2) is 0 Å². The lowest BCUT2D eigenvalue weighted by Gasteiger charge is -2.30. The van der Waals surface area contributed by atoms with Crippen molar-refractivity contribution < 1.29 is 14.0 Å². The number of fused-ring (bicyclic) bond motifs is 1. The van der Waals surface area contributed by atoms with Crippen LogP contribution in [0.5, 0.6) is 0 Å². The number of nitrogens with zero attached hydrogens (tertiary/aromatic N) is 4. The van der Waals surface area contributed by atoms with E-state index >= 15 is 0 Å². The molecule has 39 heavy (non-hydrogen) atoms. The molecule has 2 aromatic heterocycles. The second kappa shape index (κ2) is 9.96. The molecule has 7 nitrogen and oxygen atoms in total. The van der Waals surface area contributed by atoms with Crippen molar-refractivity contribution in [2.45, 2.75) is 19.0 Å². The van der Waals surface area contributed by atoms with E-state index in [9.17, 15) is 14.0 Å². The van der Waals surface area contributed by atoms with E-state index in [2.05, 4.69) is 15.4 Å². The number of amides is 2. The molecule has 1 aliphatic heterocycles. The molecule has 5 aromatic rings. The van der Waals surface area contributed by atoms with Crippen LogP contribution in [-0.4, -0.2) is 32.6 Å². The third-order valence-electron chi connectivity index (χ3n) is 7.13. The quantitative estimate of drug-likeness (QED) is 0.309. The van der Waals surface area contributed by atoms with Crippen molar-refractivity contribution in [1.82, 2.24) is 20.1 Å². The molecule has 3 heterocycles. The summed E-state index contributed by atoms with van der Waals surface area (Å²) < 4.78 is 15.2. The standard InChI is InChI=1S/C30H23ClFN5O2/c1-18-27(35-29(38)19-5-4-14-33-16-19)28(24-6-2-3-7-25(24)31)36(30(18)39)23-12-13-26-20(15-23)17-34-37(26)22-10-8-21(32)9-11-22/h2-18,27-28H,1H3,(H,35,38)/t18-,27+,28-/m1/s1. The van der Waals surface area contributed by atoms with Gasteiger partial charge in [0.2, 0.25) is 5.91 Å². The summed E-state index contributed by atoms with van der Waals surface area (Å²) >= 11 is 6.65. The molecule has 0 aliphatic carbocycles. The lowest BCUT2D eigenvalue weighted by Crippen LogP contribution is -2.42. The zero-order chi connectivity index (χ0) is 27.1. The Morgan fingerprint density at radius 3 is 2.49 bits per heavy atom. The van der Waals surface area contributed by atoms with Crippen LogP contribution in [0, 0.1) is 11.7 Å². The van der Waals surface area contributed by atoms with Gasteiger partial charge in [-0.2, -0.15) is 5.10 Å². The third kappa shape index (κ3) is 4.42. The number of rotatable bonds is 5. The topological polar surface area (TPSA) is 80.1 Å². The molecule has 0 radical (unpaired) electrons. The monoisotopic (exact) mass is 539 g/mol. The van der Waals surface area contributed by atoms with Crippen molar-refractivity contribution in [2.75, 3.05) is 4.90 Å². The largest absolute Gasteiger partial charge is 0.346 e. The second-order valence-electron chi connectivity index (χ2n) is 9.48. The number of carbonyl (C=O) groups is 2. The van der Waals surface area contributed by atoms with Crippen LogP contribution < -0.4 is 10.2 Å². The van der Waals surface area contributed by atoms with E-state index in [4.69, 9.17) is 11.6 Å². The second-order valence-corrected chi connectivity index (χ2v) is 9.89. The number of halogens is 2. The molecule has 1 fully saturated rings. The molecular formula is C30H23ClFN5O2. The first kappa shape index (κ1) is 24.8. The highest BCUT2D eigenvalue weighted by Crippen LogP contribution is 2.43. The smallest absolute Gasteiger partial charge is 0.253 e. The first-order valence-corrected chi connectivity index (χ1v) is 12.8. The van der Waals surface area contributed by atoms with Gasteiger partial charge < -0.3 is 10.2 Å². The lowest BCUT2D eigenvalue weighted by atomic mass is 9.94. The number of hydrogen-bond acceptors (Lipinski definition) is 4. The van der Waals surface area contributed by atoms with Crippen molar-refractivity contribution in [3.8, 4) is 5.69 Å². The zero-order valence-corrected chi connectivity index (χ0v) is 21.6. The average molecular weight is 540 g/mol. The number of anilines is 1. The van der Waals surface area contributed by atoms with Gasteiger partial charge in [-0.15, -0.1) is 0 Å². The first-order chi connectivity index (χ1) is 18.9. The highest BCUT2D eigenvalue weighted by Gasteiger charge is 2.48. The van der Waals surface area contributed by atoms with Crippen LogP contribution in [-0.2, 0) is 4.79 Å². The van der Waals surface area contributed by atoms with Crippen molar-refractivity contribution in [3.05, 3.63) is 119 Å². The van der Waals surface area contributed by atoms with Gasteiger partial charge >= 0.3 is 0 Å². The molecule has 1 N–H and O–H groups in total. The Labute approximate surface area is 228 Å². The van der Waals surface area contributed by atoms with E-state index < -0.39 is 18.0 Å². The summed E-state index contributed by atoms with van der Waals surface area (Å²) in [5.41, 5.74) is 3.32. The van der Waals surface area contributed by atoms with Gasteiger partial charge in [-0.25, -0.2) is 9.07 Å². The van der Waals surface area contributed by atoms with E-state index in [0.717, 1.165) is 22.2 Å². The lowest BCUT2D eigenvalue weighted by molar-refractivity contribution is -0.120. The summed E-state index contributed by atoms with van der Waals surface area (Å²) in [5, 5.41) is 8.86. The Bertz CT molecular complexity index is 1690. The van der Waals surface area contributed by atoms with E-state index in [0.29, 0.717) is 16.3 Å². The molecule has 3 aromatic carbocycles. The molecule has 0 bridgehead atoms. The summed E-state index contributed by atoms with van der Waals surface area (Å²) in [4.78, 5) is 32.7. The number of carbonyl (C=O) groups excluding carboxylic acids is 2. The number of pyridine rings is 1. The van der Waals surface area contributed by atoms with E-state index in [1.807, 2.05) is 43.3 Å². The van der Waals surface area contributed by atoms with E-state index in [1.165, 1.54) is 18.3 Å². The summed E-state index contributed by atoms with van der Waals surface area (Å²) in [6, 6.07) is 21.3. The molecule has 9 heteroatoms. The van der Waals surface area contributed by atoms with Gasteiger partial charge in [-0.05, 0) is 66.2 Å². The highest BCUT2D eigenvalue weighted by molar-refractivity contribution is 6.31. The maximum atomic E-state index is 13.8. The summed E-state index contributed by atoms with van der Waals surface area (Å²) in [6.07, 6.45) is 4.80. The minimum atomic E-state index is -0.553. The van der Waals surface area contributed by atoms with Crippen molar-refractivity contribution >= 4 is 40.0 Å². The van der Waals surface area contributed by atoms with Crippen LogP contribution in [0.3, 0.4) is 0 Å². The predicted molar refractivity (Wildman–Crippen MR) is 147 cm³/mol. The molecule has 0 unspecified atom stereocenters. The van der Waals surface area contributed by atoms with Gasteiger partial charge in [0.1, 0.15) is 5.82 Å². The fourth-order valence-corrected chi connectivity index (χ4v) is 5.42. The molecule has 3 atom stereocenters. The Balaban J connectivity index is 1.42. The van der Waals surface area contributed by atoms with Crippen molar-refractivity contribution in [3.63, 3.8) is 0 Å².